The van der Waals surface area contributed by atoms with Crippen LogP contribution in [0.3, 0.4) is 0 Å². The standard InChI is InChI=1S/C17H20O/c18-17(14-13-15-9-5-4-6-10-15)16-11-7-2-1-3-8-12-16/h4-6,9-11,13-14H,1-3,7-8,12H2/b14-13+,16-11+. The van der Waals surface area contributed by atoms with Gasteiger partial charge in [0.2, 0.25) is 0 Å². The maximum Gasteiger partial charge on any atom is 0.181 e. The quantitative estimate of drug-likeness (QED) is 0.708. The Labute approximate surface area is 109 Å². The second-order valence-electron chi connectivity index (χ2n) is 4.79. The van der Waals surface area contributed by atoms with E-state index in [-0.39, 0.29) is 5.78 Å². The van der Waals surface area contributed by atoms with Gasteiger partial charge in [0.25, 0.3) is 0 Å². The highest BCUT2D eigenvalue weighted by Gasteiger charge is 2.07. The van der Waals surface area contributed by atoms with Crippen molar-refractivity contribution in [2.45, 2.75) is 38.5 Å². The van der Waals surface area contributed by atoms with E-state index in [0.29, 0.717) is 0 Å². The van der Waals surface area contributed by atoms with E-state index in [9.17, 15) is 4.79 Å². The SMILES string of the molecule is O=C(/C=C/c1ccccc1)/C1=C/CCCCCC1. The lowest BCUT2D eigenvalue weighted by Crippen LogP contribution is -2.00. The largest absolute Gasteiger partial charge is 0.290 e. The van der Waals surface area contributed by atoms with Crippen LogP contribution in [0.5, 0.6) is 0 Å². The molecule has 0 atom stereocenters. The van der Waals surface area contributed by atoms with Crippen molar-refractivity contribution in [1.29, 1.82) is 0 Å². The van der Waals surface area contributed by atoms with Crippen LogP contribution < -0.4 is 0 Å². The minimum Gasteiger partial charge on any atom is -0.290 e. The zero-order valence-electron chi connectivity index (χ0n) is 10.8. The third-order valence-corrected chi connectivity index (χ3v) is 3.33. The Hall–Kier alpha value is -1.63. The summed E-state index contributed by atoms with van der Waals surface area (Å²) >= 11 is 0. The molecular weight excluding hydrogens is 220 g/mol. The topological polar surface area (TPSA) is 17.1 Å². The Morgan fingerprint density at radius 3 is 2.61 bits per heavy atom. The highest BCUT2D eigenvalue weighted by Crippen LogP contribution is 2.18. The summed E-state index contributed by atoms with van der Waals surface area (Å²) in [5.41, 5.74) is 2.08. The third kappa shape index (κ3) is 3.99. The highest BCUT2D eigenvalue weighted by molar-refractivity contribution is 6.06. The zero-order valence-corrected chi connectivity index (χ0v) is 10.8. The molecule has 1 nitrogen and oxygen atoms in total. The molecule has 1 aromatic carbocycles. The fraction of sp³-hybridized carbons (Fsp3) is 0.353. The van der Waals surface area contributed by atoms with Crippen molar-refractivity contribution in [2.75, 3.05) is 0 Å². The van der Waals surface area contributed by atoms with Crippen molar-refractivity contribution in [3.05, 3.63) is 53.6 Å². The summed E-state index contributed by atoms with van der Waals surface area (Å²) < 4.78 is 0. The molecule has 18 heavy (non-hydrogen) atoms. The molecule has 94 valence electrons. The van der Waals surface area contributed by atoms with Gasteiger partial charge in [-0.25, -0.2) is 0 Å². The van der Waals surface area contributed by atoms with Gasteiger partial charge in [0, 0.05) is 0 Å². The summed E-state index contributed by atoms with van der Waals surface area (Å²) in [7, 11) is 0. The third-order valence-electron chi connectivity index (χ3n) is 3.33. The Kier molecular flexibility index (Phi) is 4.95. The first kappa shape index (κ1) is 12.8. The Morgan fingerprint density at radius 2 is 1.78 bits per heavy atom. The lowest BCUT2D eigenvalue weighted by Gasteiger charge is -2.08. The molecule has 0 heterocycles. The van der Waals surface area contributed by atoms with Crippen molar-refractivity contribution < 1.29 is 4.79 Å². The number of hydrogen-bond acceptors (Lipinski definition) is 1. The van der Waals surface area contributed by atoms with Gasteiger partial charge in [0.15, 0.2) is 5.78 Å². The van der Waals surface area contributed by atoms with E-state index in [1.54, 1.807) is 6.08 Å². The van der Waals surface area contributed by atoms with Gasteiger partial charge in [-0.2, -0.15) is 0 Å². The van der Waals surface area contributed by atoms with Crippen LogP contribution >= 0.6 is 0 Å². The number of allylic oxidation sites excluding steroid dienone is 3. The number of carbonyl (C=O) groups excluding carboxylic acids is 1. The first-order valence-corrected chi connectivity index (χ1v) is 6.83. The maximum atomic E-state index is 12.1. The molecule has 0 unspecified atom stereocenters. The van der Waals surface area contributed by atoms with Crippen LogP contribution in [0.15, 0.2) is 48.1 Å². The summed E-state index contributed by atoms with van der Waals surface area (Å²) in [4.78, 5) is 12.1. The molecule has 0 spiro atoms. The monoisotopic (exact) mass is 240 g/mol. The van der Waals surface area contributed by atoms with Gasteiger partial charge in [-0.3, -0.25) is 4.79 Å². The number of carbonyl (C=O) groups is 1. The molecule has 0 bridgehead atoms. The van der Waals surface area contributed by atoms with Crippen LogP contribution in [0.1, 0.15) is 44.1 Å². The molecule has 1 aromatic rings. The minimum absolute atomic E-state index is 0.181. The molecule has 1 aliphatic carbocycles. The van der Waals surface area contributed by atoms with Crippen molar-refractivity contribution in [3.63, 3.8) is 0 Å². The second kappa shape index (κ2) is 6.95. The first-order chi connectivity index (χ1) is 8.86. The number of rotatable bonds is 3. The van der Waals surface area contributed by atoms with Gasteiger partial charge >= 0.3 is 0 Å². The molecule has 0 aliphatic heterocycles. The van der Waals surface area contributed by atoms with Gasteiger partial charge in [-0.05, 0) is 42.9 Å². The fourth-order valence-electron chi connectivity index (χ4n) is 2.26. The second-order valence-corrected chi connectivity index (χ2v) is 4.79. The summed E-state index contributed by atoms with van der Waals surface area (Å²) in [6.45, 7) is 0. The maximum absolute atomic E-state index is 12.1. The molecule has 2 rings (SSSR count). The average molecular weight is 240 g/mol. The predicted molar refractivity (Wildman–Crippen MR) is 76.3 cm³/mol. The van der Waals surface area contributed by atoms with Crippen molar-refractivity contribution in [1.82, 2.24) is 0 Å². The van der Waals surface area contributed by atoms with Crippen LogP contribution in [0.25, 0.3) is 6.08 Å². The Morgan fingerprint density at radius 1 is 1.00 bits per heavy atom. The van der Waals surface area contributed by atoms with E-state index >= 15 is 0 Å². The van der Waals surface area contributed by atoms with Crippen molar-refractivity contribution >= 4 is 11.9 Å². The Bertz CT molecular complexity index is 440. The first-order valence-electron chi connectivity index (χ1n) is 6.83. The summed E-state index contributed by atoms with van der Waals surface area (Å²) in [5.74, 6) is 0.181. The molecule has 0 saturated heterocycles. The molecular formula is C17H20O. The summed E-state index contributed by atoms with van der Waals surface area (Å²) in [6.07, 6.45) is 12.7. The smallest absolute Gasteiger partial charge is 0.181 e. The van der Waals surface area contributed by atoms with E-state index in [2.05, 4.69) is 6.08 Å². The molecule has 0 aromatic heterocycles. The van der Waals surface area contributed by atoms with Crippen molar-refractivity contribution in [3.8, 4) is 0 Å². The van der Waals surface area contributed by atoms with Crippen LogP contribution in [0, 0.1) is 0 Å². The number of benzene rings is 1. The zero-order chi connectivity index (χ0) is 12.6. The van der Waals surface area contributed by atoms with Crippen molar-refractivity contribution in [2.24, 2.45) is 0 Å². The van der Waals surface area contributed by atoms with E-state index in [1.807, 2.05) is 36.4 Å². The lowest BCUT2D eigenvalue weighted by molar-refractivity contribution is -0.111. The molecule has 0 fully saturated rings. The number of hydrogen-bond donors (Lipinski definition) is 0. The molecule has 1 aliphatic rings. The van der Waals surface area contributed by atoms with Crippen LogP contribution in [-0.2, 0) is 4.79 Å². The van der Waals surface area contributed by atoms with Crippen LogP contribution in [-0.4, -0.2) is 5.78 Å². The molecule has 0 amide bonds. The van der Waals surface area contributed by atoms with Gasteiger partial charge in [0.1, 0.15) is 0 Å². The van der Waals surface area contributed by atoms with Gasteiger partial charge in [0.05, 0.1) is 0 Å². The highest BCUT2D eigenvalue weighted by atomic mass is 16.1. The van der Waals surface area contributed by atoms with Gasteiger partial charge in [-0.1, -0.05) is 55.3 Å². The molecule has 1 heteroatoms. The van der Waals surface area contributed by atoms with E-state index < -0.39 is 0 Å². The van der Waals surface area contributed by atoms with Gasteiger partial charge in [-0.15, -0.1) is 0 Å². The van der Waals surface area contributed by atoms with Crippen LogP contribution in [0.4, 0.5) is 0 Å². The summed E-state index contributed by atoms with van der Waals surface area (Å²) in [6, 6.07) is 9.97. The molecule has 0 N–H and O–H groups in total. The molecule has 0 saturated carbocycles. The molecule has 0 radical (unpaired) electrons. The fourth-order valence-corrected chi connectivity index (χ4v) is 2.26. The van der Waals surface area contributed by atoms with Crippen LogP contribution in [0.2, 0.25) is 0 Å². The summed E-state index contributed by atoms with van der Waals surface area (Å²) in [5, 5.41) is 0. The Balaban J connectivity index is 2.00. The number of ketones is 1. The van der Waals surface area contributed by atoms with E-state index in [1.165, 1.54) is 19.3 Å². The van der Waals surface area contributed by atoms with E-state index in [0.717, 1.165) is 30.4 Å². The average Bonchev–Trinajstić information content (AvgIpc) is 2.37. The minimum atomic E-state index is 0.181. The lowest BCUT2D eigenvalue weighted by atomic mass is 9.97. The normalized spacial score (nSPS) is 19.9. The predicted octanol–water partition coefficient (Wildman–Crippen LogP) is 4.55. The van der Waals surface area contributed by atoms with E-state index in [4.69, 9.17) is 0 Å². The van der Waals surface area contributed by atoms with Gasteiger partial charge < -0.3 is 0 Å².